The van der Waals surface area contributed by atoms with Crippen molar-refractivity contribution < 1.29 is 0 Å². The van der Waals surface area contributed by atoms with E-state index < -0.39 is 0 Å². The molecule has 2 atom stereocenters. The zero-order valence-corrected chi connectivity index (χ0v) is 11.3. The molecule has 0 aromatic heterocycles. The molecule has 0 radical (unpaired) electrons. The number of hydrogen-bond donors (Lipinski definition) is 2. The van der Waals surface area contributed by atoms with Gasteiger partial charge in [0.05, 0.1) is 0 Å². The van der Waals surface area contributed by atoms with Crippen molar-refractivity contribution in [2.45, 2.75) is 37.1 Å². The van der Waals surface area contributed by atoms with Crippen molar-refractivity contribution in [3.8, 4) is 0 Å². The van der Waals surface area contributed by atoms with E-state index >= 15 is 0 Å². The Labute approximate surface area is 108 Å². The molecule has 1 aromatic carbocycles. The van der Waals surface area contributed by atoms with E-state index in [1.54, 1.807) is 0 Å². The van der Waals surface area contributed by atoms with Crippen molar-refractivity contribution in [2.24, 2.45) is 17.4 Å². The van der Waals surface area contributed by atoms with Crippen molar-refractivity contribution in [3.05, 3.63) is 29.3 Å². The predicted octanol–water partition coefficient (Wildman–Crippen LogP) is 2.71. The molecule has 0 saturated heterocycles. The second-order valence-electron chi connectivity index (χ2n) is 4.75. The van der Waals surface area contributed by atoms with Crippen LogP contribution < -0.4 is 11.5 Å². The molecule has 1 heterocycles. The SMILES string of the molecule is CCC(CN)C(N)c1ccc2c(c1)CCCS2. The largest absolute Gasteiger partial charge is 0.330 e. The topological polar surface area (TPSA) is 52.0 Å². The molecule has 2 nitrogen and oxygen atoms in total. The lowest BCUT2D eigenvalue weighted by molar-refractivity contribution is 0.427. The number of thioether (sulfide) groups is 1. The third-order valence-corrected chi connectivity index (χ3v) is 4.85. The van der Waals surface area contributed by atoms with Crippen LogP contribution >= 0.6 is 11.8 Å². The Kier molecular flexibility index (Phi) is 4.48. The van der Waals surface area contributed by atoms with E-state index in [0.717, 1.165) is 6.42 Å². The fraction of sp³-hybridized carbons (Fsp3) is 0.571. The summed E-state index contributed by atoms with van der Waals surface area (Å²) in [6.07, 6.45) is 3.52. The molecule has 17 heavy (non-hydrogen) atoms. The molecule has 0 bridgehead atoms. The van der Waals surface area contributed by atoms with Gasteiger partial charge in [-0.2, -0.15) is 0 Å². The number of hydrogen-bond acceptors (Lipinski definition) is 3. The van der Waals surface area contributed by atoms with Gasteiger partial charge in [-0.15, -0.1) is 11.8 Å². The van der Waals surface area contributed by atoms with Gasteiger partial charge < -0.3 is 11.5 Å². The highest BCUT2D eigenvalue weighted by Crippen LogP contribution is 2.32. The molecule has 0 spiro atoms. The summed E-state index contributed by atoms with van der Waals surface area (Å²) < 4.78 is 0. The van der Waals surface area contributed by atoms with Gasteiger partial charge in [0.15, 0.2) is 0 Å². The van der Waals surface area contributed by atoms with Crippen LogP contribution in [0.1, 0.15) is 36.9 Å². The fourth-order valence-corrected chi connectivity index (χ4v) is 3.45. The lowest BCUT2D eigenvalue weighted by Gasteiger charge is -2.23. The van der Waals surface area contributed by atoms with Crippen LogP contribution in [-0.4, -0.2) is 12.3 Å². The lowest BCUT2D eigenvalue weighted by atomic mass is 9.90. The first kappa shape index (κ1) is 12.9. The Bertz CT molecular complexity index is 374. The number of fused-ring (bicyclic) bond motifs is 1. The highest BCUT2D eigenvalue weighted by molar-refractivity contribution is 7.99. The third-order valence-electron chi connectivity index (χ3n) is 3.65. The molecule has 1 aromatic rings. The number of nitrogens with two attached hydrogens (primary N) is 2. The smallest absolute Gasteiger partial charge is 0.0335 e. The van der Waals surface area contributed by atoms with Gasteiger partial charge in [0.25, 0.3) is 0 Å². The van der Waals surface area contributed by atoms with E-state index in [1.807, 2.05) is 11.8 Å². The zero-order valence-electron chi connectivity index (χ0n) is 10.5. The van der Waals surface area contributed by atoms with Gasteiger partial charge in [-0.3, -0.25) is 0 Å². The molecule has 2 rings (SSSR count). The maximum Gasteiger partial charge on any atom is 0.0335 e. The van der Waals surface area contributed by atoms with E-state index in [9.17, 15) is 0 Å². The molecule has 2 unspecified atom stereocenters. The second kappa shape index (κ2) is 5.89. The Balaban J connectivity index is 2.21. The summed E-state index contributed by atoms with van der Waals surface area (Å²) >= 11 is 1.96. The van der Waals surface area contributed by atoms with Crippen molar-refractivity contribution in [2.75, 3.05) is 12.3 Å². The van der Waals surface area contributed by atoms with Crippen molar-refractivity contribution in [1.29, 1.82) is 0 Å². The molecule has 94 valence electrons. The molecule has 4 N–H and O–H groups in total. The summed E-state index contributed by atoms with van der Waals surface area (Å²) in [6, 6.07) is 6.80. The first-order valence-electron chi connectivity index (χ1n) is 6.47. The van der Waals surface area contributed by atoms with Gasteiger partial charge in [-0.1, -0.05) is 25.5 Å². The molecular formula is C14H22N2S. The number of rotatable bonds is 4. The molecule has 0 aliphatic carbocycles. The van der Waals surface area contributed by atoms with Crippen LogP contribution in [0.3, 0.4) is 0 Å². The normalized spacial score (nSPS) is 18.5. The highest BCUT2D eigenvalue weighted by atomic mass is 32.2. The average molecular weight is 250 g/mol. The summed E-state index contributed by atoms with van der Waals surface area (Å²) in [5.74, 6) is 1.64. The summed E-state index contributed by atoms with van der Waals surface area (Å²) in [7, 11) is 0. The van der Waals surface area contributed by atoms with Crippen LogP contribution in [0.4, 0.5) is 0 Å². The van der Waals surface area contributed by atoms with E-state index in [1.165, 1.54) is 34.6 Å². The van der Waals surface area contributed by atoms with Crippen LogP contribution in [0.2, 0.25) is 0 Å². The minimum absolute atomic E-state index is 0.0854. The van der Waals surface area contributed by atoms with E-state index in [2.05, 4.69) is 25.1 Å². The summed E-state index contributed by atoms with van der Waals surface area (Å²) in [5.41, 5.74) is 14.8. The standard InChI is InChI=1S/C14H22N2S/c1-2-10(9-15)14(16)12-5-6-13-11(8-12)4-3-7-17-13/h5-6,8,10,14H,2-4,7,9,15-16H2,1H3. The van der Waals surface area contributed by atoms with Gasteiger partial charge in [-0.05, 0) is 48.3 Å². The summed E-state index contributed by atoms with van der Waals surface area (Å²) in [4.78, 5) is 1.44. The van der Waals surface area contributed by atoms with Gasteiger partial charge in [0.1, 0.15) is 0 Å². The van der Waals surface area contributed by atoms with E-state index in [4.69, 9.17) is 11.5 Å². The molecule has 3 heteroatoms. The van der Waals surface area contributed by atoms with Crippen LogP contribution in [0, 0.1) is 5.92 Å². The summed E-state index contributed by atoms with van der Waals surface area (Å²) in [6.45, 7) is 2.83. The predicted molar refractivity (Wildman–Crippen MR) is 75.3 cm³/mol. The maximum absolute atomic E-state index is 6.31. The van der Waals surface area contributed by atoms with Crippen molar-refractivity contribution in [1.82, 2.24) is 0 Å². The third kappa shape index (κ3) is 2.84. The Morgan fingerprint density at radius 1 is 1.41 bits per heavy atom. The molecule has 0 fully saturated rings. The molecule has 1 aliphatic heterocycles. The van der Waals surface area contributed by atoms with E-state index in [0.29, 0.717) is 12.5 Å². The van der Waals surface area contributed by atoms with Gasteiger partial charge in [-0.25, -0.2) is 0 Å². The van der Waals surface area contributed by atoms with Gasteiger partial charge >= 0.3 is 0 Å². The Morgan fingerprint density at radius 2 is 2.24 bits per heavy atom. The second-order valence-corrected chi connectivity index (χ2v) is 5.89. The van der Waals surface area contributed by atoms with E-state index in [-0.39, 0.29) is 6.04 Å². The van der Waals surface area contributed by atoms with Crippen molar-refractivity contribution in [3.63, 3.8) is 0 Å². The minimum atomic E-state index is 0.0854. The molecule has 0 amide bonds. The zero-order chi connectivity index (χ0) is 12.3. The lowest BCUT2D eigenvalue weighted by Crippen LogP contribution is -2.27. The first-order valence-corrected chi connectivity index (χ1v) is 7.46. The monoisotopic (exact) mass is 250 g/mol. The molecular weight excluding hydrogens is 228 g/mol. The quantitative estimate of drug-likeness (QED) is 0.864. The maximum atomic E-state index is 6.31. The van der Waals surface area contributed by atoms with Gasteiger partial charge in [0, 0.05) is 10.9 Å². The van der Waals surface area contributed by atoms with Crippen LogP contribution in [0.15, 0.2) is 23.1 Å². The van der Waals surface area contributed by atoms with Crippen molar-refractivity contribution >= 4 is 11.8 Å². The highest BCUT2D eigenvalue weighted by Gasteiger charge is 2.18. The van der Waals surface area contributed by atoms with Crippen LogP contribution in [-0.2, 0) is 6.42 Å². The Hall–Kier alpha value is -0.510. The number of aryl methyl sites for hydroxylation is 1. The fourth-order valence-electron chi connectivity index (χ4n) is 2.43. The molecule has 1 aliphatic rings. The summed E-state index contributed by atoms with van der Waals surface area (Å²) in [5, 5.41) is 0. The molecule has 0 saturated carbocycles. The average Bonchev–Trinajstić information content (AvgIpc) is 2.39. The van der Waals surface area contributed by atoms with Crippen LogP contribution in [0.5, 0.6) is 0 Å². The Morgan fingerprint density at radius 3 is 2.94 bits per heavy atom. The van der Waals surface area contributed by atoms with Crippen LogP contribution in [0.25, 0.3) is 0 Å². The number of benzene rings is 1. The minimum Gasteiger partial charge on any atom is -0.330 e. The first-order chi connectivity index (χ1) is 8.26. The van der Waals surface area contributed by atoms with Gasteiger partial charge in [0.2, 0.25) is 0 Å².